The van der Waals surface area contributed by atoms with E-state index < -0.39 is 0 Å². The van der Waals surface area contributed by atoms with Crippen molar-refractivity contribution >= 4 is 5.91 Å². The lowest BCUT2D eigenvalue weighted by Crippen LogP contribution is -2.55. The molecule has 0 spiro atoms. The lowest BCUT2D eigenvalue weighted by atomic mass is 10.0. The standard InChI is InChI=1S/C11H22N4O/c12-8-11(16)15-5-1-2-10(9-15)14-6-3-13-4-7-14/h10,13H,1-9,12H2. The molecule has 1 unspecified atom stereocenters. The third kappa shape index (κ3) is 2.72. The van der Waals surface area contributed by atoms with Crippen molar-refractivity contribution in [3.63, 3.8) is 0 Å². The van der Waals surface area contributed by atoms with Gasteiger partial charge in [-0.05, 0) is 12.8 Å². The van der Waals surface area contributed by atoms with Crippen molar-refractivity contribution in [2.24, 2.45) is 5.73 Å². The zero-order valence-electron chi connectivity index (χ0n) is 9.82. The lowest BCUT2D eigenvalue weighted by Gasteiger charge is -2.41. The normalized spacial score (nSPS) is 28.1. The Morgan fingerprint density at radius 3 is 2.75 bits per heavy atom. The molecule has 5 heteroatoms. The molecule has 0 aromatic rings. The fourth-order valence-electron chi connectivity index (χ4n) is 2.66. The Bertz CT molecular complexity index is 240. The molecule has 2 saturated heterocycles. The van der Waals surface area contributed by atoms with Gasteiger partial charge in [0.05, 0.1) is 6.54 Å². The number of piperidine rings is 1. The first-order valence-electron chi connectivity index (χ1n) is 6.24. The molecule has 5 nitrogen and oxygen atoms in total. The zero-order chi connectivity index (χ0) is 11.4. The molecule has 0 aliphatic carbocycles. The number of nitrogens with two attached hydrogens (primary N) is 1. The first-order chi connectivity index (χ1) is 7.81. The number of nitrogens with one attached hydrogen (secondary N) is 1. The SMILES string of the molecule is NCC(=O)N1CCCC(N2CCNCC2)C1. The molecular formula is C11H22N4O. The molecule has 2 heterocycles. The van der Waals surface area contributed by atoms with Gasteiger partial charge in [-0.2, -0.15) is 0 Å². The summed E-state index contributed by atoms with van der Waals surface area (Å²) < 4.78 is 0. The van der Waals surface area contributed by atoms with Gasteiger partial charge in [0.1, 0.15) is 0 Å². The van der Waals surface area contributed by atoms with E-state index in [0.29, 0.717) is 6.04 Å². The minimum Gasteiger partial charge on any atom is -0.340 e. The fourth-order valence-corrected chi connectivity index (χ4v) is 2.66. The second-order valence-electron chi connectivity index (χ2n) is 4.63. The van der Waals surface area contributed by atoms with Gasteiger partial charge in [-0.3, -0.25) is 9.69 Å². The summed E-state index contributed by atoms with van der Waals surface area (Å²) in [5.74, 6) is 0.0971. The van der Waals surface area contributed by atoms with Crippen molar-refractivity contribution in [1.82, 2.24) is 15.1 Å². The van der Waals surface area contributed by atoms with Crippen LogP contribution in [0.2, 0.25) is 0 Å². The Morgan fingerprint density at radius 1 is 1.31 bits per heavy atom. The summed E-state index contributed by atoms with van der Waals surface area (Å²) >= 11 is 0. The van der Waals surface area contributed by atoms with Crippen molar-refractivity contribution in [1.29, 1.82) is 0 Å². The highest BCUT2D eigenvalue weighted by Gasteiger charge is 2.27. The molecule has 0 aromatic heterocycles. The van der Waals surface area contributed by atoms with Gasteiger partial charge >= 0.3 is 0 Å². The van der Waals surface area contributed by atoms with E-state index in [1.165, 1.54) is 6.42 Å². The topological polar surface area (TPSA) is 61.6 Å². The Kier molecular flexibility index (Phi) is 4.15. The van der Waals surface area contributed by atoms with Crippen LogP contribution in [-0.2, 0) is 4.79 Å². The molecule has 1 amide bonds. The van der Waals surface area contributed by atoms with Crippen LogP contribution in [0, 0.1) is 0 Å². The van der Waals surface area contributed by atoms with Crippen molar-refractivity contribution < 1.29 is 4.79 Å². The van der Waals surface area contributed by atoms with Crippen LogP contribution in [0.4, 0.5) is 0 Å². The van der Waals surface area contributed by atoms with Crippen molar-refractivity contribution in [3.05, 3.63) is 0 Å². The number of rotatable bonds is 2. The summed E-state index contributed by atoms with van der Waals surface area (Å²) in [4.78, 5) is 16.0. The minimum absolute atomic E-state index is 0.0971. The van der Waals surface area contributed by atoms with Crippen LogP contribution in [-0.4, -0.2) is 67.6 Å². The first-order valence-corrected chi connectivity index (χ1v) is 6.24. The summed E-state index contributed by atoms with van der Waals surface area (Å²) in [5.41, 5.74) is 5.41. The molecular weight excluding hydrogens is 204 g/mol. The highest BCUT2D eigenvalue weighted by molar-refractivity contribution is 5.78. The fraction of sp³-hybridized carbons (Fsp3) is 0.909. The van der Waals surface area contributed by atoms with E-state index in [9.17, 15) is 4.79 Å². The van der Waals surface area contributed by atoms with Crippen molar-refractivity contribution in [3.8, 4) is 0 Å². The molecule has 2 aliphatic rings. The van der Waals surface area contributed by atoms with E-state index in [4.69, 9.17) is 5.73 Å². The van der Waals surface area contributed by atoms with Crippen LogP contribution >= 0.6 is 0 Å². The van der Waals surface area contributed by atoms with Gasteiger partial charge in [-0.1, -0.05) is 0 Å². The summed E-state index contributed by atoms with van der Waals surface area (Å²) in [6, 6.07) is 0.548. The number of carbonyl (C=O) groups is 1. The van der Waals surface area contributed by atoms with Crippen LogP contribution in [0.3, 0.4) is 0 Å². The number of hydrogen-bond acceptors (Lipinski definition) is 4. The smallest absolute Gasteiger partial charge is 0.236 e. The van der Waals surface area contributed by atoms with E-state index in [-0.39, 0.29) is 12.5 Å². The van der Waals surface area contributed by atoms with Gasteiger partial charge in [-0.25, -0.2) is 0 Å². The number of amides is 1. The summed E-state index contributed by atoms with van der Waals surface area (Å²) in [6.07, 6.45) is 2.33. The molecule has 16 heavy (non-hydrogen) atoms. The molecule has 2 aliphatic heterocycles. The number of nitrogens with zero attached hydrogens (tertiary/aromatic N) is 2. The predicted octanol–water partition coefficient (Wildman–Crippen LogP) is -1.16. The van der Waals surface area contributed by atoms with Crippen LogP contribution in [0.5, 0.6) is 0 Å². The molecule has 0 saturated carbocycles. The lowest BCUT2D eigenvalue weighted by molar-refractivity contribution is -0.131. The van der Waals surface area contributed by atoms with Gasteiger partial charge < -0.3 is 16.0 Å². The van der Waals surface area contributed by atoms with Gasteiger partial charge in [0.15, 0.2) is 0 Å². The predicted molar refractivity (Wildman–Crippen MR) is 63.1 cm³/mol. The van der Waals surface area contributed by atoms with E-state index in [1.54, 1.807) is 0 Å². The molecule has 0 bridgehead atoms. The molecule has 92 valence electrons. The number of piperazine rings is 1. The summed E-state index contributed by atoms with van der Waals surface area (Å²) in [6.45, 7) is 6.26. The second-order valence-corrected chi connectivity index (χ2v) is 4.63. The molecule has 2 rings (SSSR count). The van der Waals surface area contributed by atoms with Crippen molar-refractivity contribution in [2.75, 3.05) is 45.8 Å². The van der Waals surface area contributed by atoms with Gasteiger partial charge in [0.25, 0.3) is 0 Å². The number of likely N-dealkylation sites (tertiary alicyclic amines) is 1. The number of carbonyl (C=O) groups excluding carboxylic acids is 1. The largest absolute Gasteiger partial charge is 0.340 e. The average Bonchev–Trinajstić information content (AvgIpc) is 2.39. The number of hydrogen-bond donors (Lipinski definition) is 2. The summed E-state index contributed by atoms with van der Waals surface area (Å²) in [7, 11) is 0. The second kappa shape index (κ2) is 5.61. The Balaban J connectivity index is 1.87. The Hall–Kier alpha value is -0.650. The minimum atomic E-state index is 0.0971. The van der Waals surface area contributed by atoms with Crippen molar-refractivity contribution in [2.45, 2.75) is 18.9 Å². The maximum Gasteiger partial charge on any atom is 0.236 e. The van der Waals surface area contributed by atoms with E-state index in [2.05, 4.69) is 10.2 Å². The van der Waals surface area contributed by atoms with E-state index in [0.717, 1.165) is 45.7 Å². The highest BCUT2D eigenvalue weighted by Crippen LogP contribution is 2.16. The zero-order valence-corrected chi connectivity index (χ0v) is 9.82. The summed E-state index contributed by atoms with van der Waals surface area (Å²) in [5, 5.41) is 3.36. The van der Waals surface area contributed by atoms with Gasteiger partial charge in [-0.15, -0.1) is 0 Å². The van der Waals surface area contributed by atoms with Crippen LogP contribution in [0.25, 0.3) is 0 Å². The Morgan fingerprint density at radius 2 is 2.06 bits per heavy atom. The molecule has 0 aromatic carbocycles. The van der Waals surface area contributed by atoms with Crippen LogP contribution in [0.1, 0.15) is 12.8 Å². The van der Waals surface area contributed by atoms with E-state index in [1.807, 2.05) is 4.90 Å². The van der Waals surface area contributed by atoms with Gasteiger partial charge in [0.2, 0.25) is 5.91 Å². The van der Waals surface area contributed by atoms with E-state index >= 15 is 0 Å². The molecule has 0 radical (unpaired) electrons. The molecule has 1 atom stereocenters. The first kappa shape index (κ1) is 11.8. The monoisotopic (exact) mass is 226 g/mol. The Labute approximate surface area is 96.9 Å². The van der Waals surface area contributed by atoms with Crippen LogP contribution < -0.4 is 11.1 Å². The highest BCUT2D eigenvalue weighted by atomic mass is 16.2. The third-order valence-electron chi connectivity index (χ3n) is 3.59. The molecule has 3 N–H and O–H groups in total. The molecule has 2 fully saturated rings. The van der Waals surface area contributed by atoms with Gasteiger partial charge in [0, 0.05) is 45.3 Å². The third-order valence-corrected chi connectivity index (χ3v) is 3.59. The average molecular weight is 226 g/mol. The van der Waals surface area contributed by atoms with Crippen LogP contribution in [0.15, 0.2) is 0 Å². The quantitative estimate of drug-likeness (QED) is 0.623. The maximum absolute atomic E-state index is 11.6. The maximum atomic E-state index is 11.6.